The first kappa shape index (κ1) is 17.7. The summed E-state index contributed by atoms with van der Waals surface area (Å²) in [4.78, 5) is 28.8. The fourth-order valence-corrected chi connectivity index (χ4v) is 2.96. The summed E-state index contributed by atoms with van der Waals surface area (Å²) in [5, 5.41) is 4.10. The van der Waals surface area contributed by atoms with Gasteiger partial charge in [-0.3, -0.25) is 9.59 Å². The fraction of sp³-hybridized carbons (Fsp3) is 0.238. The monoisotopic (exact) mass is 349 g/mol. The molecule has 26 heavy (non-hydrogen) atoms. The second kappa shape index (κ2) is 7.87. The molecule has 0 saturated heterocycles. The van der Waals surface area contributed by atoms with E-state index >= 15 is 0 Å². The molecule has 2 N–H and O–H groups in total. The van der Waals surface area contributed by atoms with Gasteiger partial charge in [0.1, 0.15) is 0 Å². The Kier molecular flexibility index (Phi) is 5.37. The Hall–Kier alpha value is -3.08. The number of anilines is 1. The second-order valence-electron chi connectivity index (χ2n) is 6.54. The van der Waals surface area contributed by atoms with E-state index in [1.165, 1.54) is 15.8 Å². The molecule has 1 aromatic heterocycles. The summed E-state index contributed by atoms with van der Waals surface area (Å²) in [6.45, 7) is 0. The van der Waals surface area contributed by atoms with Gasteiger partial charge in [0, 0.05) is 48.9 Å². The molecule has 1 heterocycles. The normalized spacial score (nSPS) is 10.7. The van der Waals surface area contributed by atoms with Crippen molar-refractivity contribution in [2.45, 2.75) is 19.3 Å². The highest BCUT2D eigenvalue weighted by molar-refractivity contribution is 5.95. The minimum Gasteiger partial charge on any atom is -0.361 e. The van der Waals surface area contributed by atoms with E-state index in [1.54, 1.807) is 38.4 Å². The molecule has 0 aliphatic rings. The largest absolute Gasteiger partial charge is 0.361 e. The molecule has 3 aromatic rings. The maximum Gasteiger partial charge on any atom is 0.253 e. The Morgan fingerprint density at radius 3 is 2.50 bits per heavy atom. The van der Waals surface area contributed by atoms with Gasteiger partial charge in [-0.05, 0) is 48.7 Å². The predicted octanol–water partition coefficient (Wildman–Crippen LogP) is 3.83. The highest BCUT2D eigenvalue weighted by Crippen LogP contribution is 2.19. The number of aryl methyl sites for hydroxylation is 1. The highest BCUT2D eigenvalue weighted by atomic mass is 16.2. The van der Waals surface area contributed by atoms with Crippen LogP contribution in [0.4, 0.5) is 5.69 Å². The van der Waals surface area contributed by atoms with E-state index in [4.69, 9.17) is 0 Å². The molecule has 134 valence electrons. The lowest BCUT2D eigenvalue weighted by Crippen LogP contribution is -2.21. The molecule has 5 heteroatoms. The number of para-hydroxylation sites is 1. The number of hydrogen-bond acceptors (Lipinski definition) is 2. The van der Waals surface area contributed by atoms with Crippen LogP contribution in [-0.4, -0.2) is 35.8 Å². The molecule has 0 unspecified atom stereocenters. The molecule has 2 amide bonds. The van der Waals surface area contributed by atoms with Crippen molar-refractivity contribution in [1.29, 1.82) is 0 Å². The number of nitrogens with zero attached hydrogens (tertiary/aromatic N) is 1. The van der Waals surface area contributed by atoms with Gasteiger partial charge in [0.25, 0.3) is 5.91 Å². The van der Waals surface area contributed by atoms with Crippen molar-refractivity contribution < 1.29 is 9.59 Å². The molecule has 0 fully saturated rings. The first-order valence-electron chi connectivity index (χ1n) is 8.71. The molecular formula is C21H23N3O2. The van der Waals surface area contributed by atoms with Crippen molar-refractivity contribution in [3.8, 4) is 0 Å². The van der Waals surface area contributed by atoms with Gasteiger partial charge in [0.2, 0.25) is 5.91 Å². The van der Waals surface area contributed by atoms with Gasteiger partial charge in [-0.15, -0.1) is 0 Å². The average molecular weight is 349 g/mol. The Morgan fingerprint density at radius 2 is 1.77 bits per heavy atom. The molecule has 0 saturated carbocycles. The van der Waals surface area contributed by atoms with Crippen molar-refractivity contribution in [2.75, 3.05) is 19.4 Å². The van der Waals surface area contributed by atoms with Crippen LogP contribution < -0.4 is 5.32 Å². The summed E-state index contributed by atoms with van der Waals surface area (Å²) in [5.74, 6) is -0.0712. The Labute approximate surface area is 153 Å². The van der Waals surface area contributed by atoms with E-state index in [-0.39, 0.29) is 11.8 Å². The van der Waals surface area contributed by atoms with Crippen LogP contribution in [0.2, 0.25) is 0 Å². The number of carbonyl (C=O) groups excluding carboxylic acids is 2. The quantitative estimate of drug-likeness (QED) is 0.710. The molecule has 3 rings (SSSR count). The number of rotatable bonds is 6. The minimum absolute atomic E-state index is 0.0171. The lowest BCUT2D eigenvalue weighted by molar-refractivity contribution is -0.116. The number of benzene rings is 2. The first-order chi connectivity index (χ1) is 12.5. The van der Waals surface area contributed by atoms with Gasteiger partial charge in [-0.1, -0.05) is 18.2 Å². The number of nitrogens with one attached hydrogen (secondary N) is 2. The van der Waals surface area contributed by atoms with Crippen LogP contribution in [0.15, 0.2) is 54.7 Å². The van der Waals surface area contributed by atoms with E-state index in [9.17, 15) is 9.59 Å². The first-order valence-corrected chi connectivity index (χ1v) is 8.71. The lowest BCUT2D eigenvalue weighted by Gasteiger charge is -2.11. The third-order valence-corrected chi connectivity index (χ3v) is 4.35. The Bertz CT molecular complexity index is 910. The van der Waals surface area contributed by atoms with Gasteiger partial charge in [-0.2, -0.15) is 0 Å². The summed E-state index contributed by atoms with van der Waals surface area (Å²) in [5.41, 5.74) is 3.67. The van der Waals surface area contributed by atoms with Crippen LogP contribution in [0.3, 0.4) is 0 Å². The van der Waals surface area contributed by atoms with Gasteiger partial charge >= 0.3 is 0 Å². The van der Waals surface area contributed by atoms with Gasteiger partial charge in [0.15, 0.2) is 0 Å². The van der Waals surface area contributed by atoms with Gasteiger partial charge in [0.05, 0.1) is 0 Å². The third kappa shape index (κ3) is 4.11. The number of H-pyrrole nitrogens is 1. The zero-order chi connectivity index (χ0) is 18.5. The Morgan fingerprint density at radius 1 is 1.04 bits per heavy atom. The predicted molar refractivity (Wildman–Crippen MR) is 104 cm³/mol. The maximum absolute atomic E-state index is 12.1. The van der Waals surface area contributed by atoms with E-state index in [1.807, 2.05) is 18.3 Å². The summed E-state index contributed by atoms with van der Waals surface area (Å²) in [6, 6.07) is 15.1. The SMILES string of the molecule is CN(C)C(=O)c1ccc(NC(=O)CCCc2c[nH]c3ccccc23)cc1. The zero-order valence-corrected chi connectivity index (χ0v) is 15.1. The lowest BCUT2D eigenvalue weighted by atomic mass is 10.1. The average Bonchev–Trinajstić information content (AvgIpc) is 3.05. The molecule has 2 aromatic carbocycles. The molecular weight excluding hydrogens is 326 g/mol. The summed E-state index contributed by atoms with van der Waals surface area (Å²) >= 11 is 0. The van der Waals surface area contributed by atoms with E-state index in [0.29, 0.717) is 17.7 Å². The topological polar surface area (TPSA) is 65.2 Å². The molecule has 0 atom stereocenters. The molecule has 0 bridgehead atoms. The highest BCUT2D eigenvalue weighted by Gasteiger charge is 2.09. The van der Waals surface area contributed by atoms with Crippen LogP contribution in [-0.2, 0) is 11.2 Å². The van der Waals surface area contributed by atoms with Crippen molar-refractivity contribution in [3.63, 3.8) is 0 Å². The number of carbonyl (C=O) groups is 2. The maximum atomic E-state index is 12.1. The minimum atomic E-state index is -0.0541. The van der Waals surface area contributed by atoms with Crippen LogP contribution in [0.5, 0.6) is 0 Å². The second-order valence-corrected chi connectivity index (χ2v) is 6.54. The van der Waals surface area contributed by atoms with Crippen molar-refractivity contribution >= 4 is 28.4 Å². The van der Waals surface area contributed by atoms with Crippen LogP contribution in [0, 0.1) is 0 Å². The summed E-state index contributed by atoms with van der Waals surface area (Å²) in [7, 11) is 3.43. The van der Waals surface area contributed by atoms with E-state index < -0.39 is 0 Å². The molecule has 0 spiro atoms. The van der Waals surface area contributed by atoms with E-state index in [2.05, 4.69) is 22.4 Å². The Balaban J connectivity index is 1.50. The number of hydrogen-bond donors (Lipinski definition) is 2. The number of aromatic amines is 1. The van der Waals surface area contributed by atoms with Gasteiger partial charge in [-0.25, -0.2) is 0 Å². The van der Waals surface area contributed by atoms with Crippen molar-refractivity contribution in [1.82, 2.24) is 9.88 Å². The molecule has 0 aliphatic carbocycles. The number of amides is 2. The third-order valence-electron chi connectivity index (χ3n) is 4.35. The number of aromatic nitrogens is 1. The molecule has 0 radical (unpaired) electrons. The fourth-order valence-electron chi connectivity index (χ4n) is 2.96. The number of fused-ring (bicyclic) bond motifs is 1. The zero-order valence-electron chi connectivity index (χ0n) is 15.1. The summed E-state index contributed by atoms with van der Waals surface area (Å²) in [6.07, 6.45) is 4.11. The van der Waals surface area contributed by atoms with Crippen LogP contribution in [0.25, 0.3) is 10.9 Å². The smallest absolute Gasteiger partial charge is 0.253 e. The van der Waals surface area contributed by atoms with Crippen molar-refractivity contribution in [3.05, 3.63) is 65.9 Å². The van der Waals surface area contributed by atoms with Crippen LogP contribution in [0.1, 0.15) is 28.8 Å². The summed E-state index contributed by atoms with van der Waals surface area (Å²) < 4.78 is 0. The molecule has 0 aliphatic heterocycles. The van der Waals surface area contributed by atoms with Crippen molar-refractivity contribution in [2.24, 2.45) is 0 Å². The van der Waals surface area contributed by atoms with E-state index in [0.717, 1.165) is 18.4 Å². The van der Waals surface area contributed by atoms with Gasteiger partial charge < -0.3 is 15.2 Å². The molecule has 5 nitrogen and oxygen atoms in total. The van der Waals surface area contributed by atoms with Crippen LogP contribution >= 0.6 is 0 Å². The standard InChI is InChI=1S/C21H23N3O2/c1-24(2)21(26)15-10-12-17(13-11-15)23-20(25)9-5-6-16-14-22-19-8-4-3-7-18(16)19/h3-4,7-8,10-14,22H,5-6,9H2,1-2H3,(H,23,25).